The van der Waals surface area contributed by atoms with Crippen molar-refractivity contribution in [1.82, 2.24) is 24.8 Å². The Morgan fingerprint density at radius 1 is 0.952 bits per heavy atom. The second-order valence-electron chi connectivity index (χ2n) is 10.8. The number of ether oxygens (including phenoxy) is 1. The van der Waals surface area contributed by atoms with Crippen LogP contribution in [0.15, 0.2) is 73.2 Å². The van der Waals surface area contributed by atoms with E-state index in [1.165, 1.54) is 12.8 Å². The second kappa shape index (κ2) is 10.8. The summed E-state index contributed by atoms with van der Waals surface area (Å²) in [4.78, 5) is 44.7. The molecule has 0 radical (unpaired) electrons. The number of hydrogen-bond donors (Lipinski definition) is 2. The zero-order valence-corrected chi connectivity index (χ0v) is 23.3. The number of benzene rings is 2. The first-order valence-electron chi connectivity index (χ1n) is 14.2. The van der Waals surface area contributed by atoms with Crippen LogP contribution in [0.25, 0.3) is 33.5 Å². The number of fused-ring (bicyclic) bond motifs is 1. The van der Waals surface area contributed by atoms with Gasteiger partial charge in [-0.1, -0.05) is 24.3 Å². The molecule has 1 aliphatic heterocycles. The molecule has 2 fully saturated rings. The van der Waals surface area contributed by atoms with E-state index in [1.807, 2.05) is 72.5 Å². The van der Waals surface area contributed by atoms with Gasteiger partial charge in [0.25, 0.3) is 11.8 Å². The topological polar surface area (TPSA) is 113 Å². The maximum absolute atomic E-state index is 13.0. The Morgan fingerprint density at radius 2 is 1.74 bits per heavy atom. The summed E-state index contributed by atoms with van der Waals surface area (Å²) in [6, 6.07) is 19.2. The van der Waals surface area contributed by atoms with Crippen molar-refractivity contribution in [2.75, 3.05) is 31.6 Å². The first-order chi connectivity index (χ1) is 20.5. The molecule has 3 aromatic heterocycles. The Labute approximate surface area is 243 Å². The van der Waals surface area contributed by atoms with Gasteiger partial charge < -0.3 is 19.9 Å². The summed E-state index contributed by atoms with van der Waals surface area (Å²) in [5.41, 5.74) is 8.06. The molecule has 0 unspecified atom stereocenters. The summed E-state index contributed by atoms with van der Waals surface area (Å²) in [6.07, 6.45) is 5.54. The lowest BCUT2D eigenvalue weighted by Gasteiger charge is -2.26. The van der Waals surface area contributed by atoms with Crippen LogP contribution in [0, 0.1) is 6.92 Å². The monoisotopic (exact) mass is 558 g/mol. The number of rotatable bonds is 6. The molecule has 4 heterocycles. The van der Waals surface area contributed by atoms with E-state index in [0.717, 1.165) is 39.2 Å². The van der Waals surface area contributed by atoms with Gasteiger partial charge in [-0.15, -0.1) is 0 Å². The number of amides is 2. The van der Waals surface area contributed by atoms with Crippen molar-refractivity contribution in [2.45, 2.75) is 25.7 Å². The van der Waals surface area contributed by atoms with Gasteiger partial charge in [0.15, 0.2) is 0 Å². The van der Waals surface area contributed by atoms with E-state index >= 15 is 0 Å². The number of nitrogens with one attached hydrogen (secondary N) is 2. The number of pyridine rings is 1. The highest BCUT2D eigenvalue weighted by Crippen LogP contribution is 2.39. The van der Waals surface area contributed by atoms with Crippen molar-refractivity contribution >= 4 is 28.5 Å². The van der Waals surface area contributed by atoms with Crippen LogP contribution in [0.2, 0.25) is 0 Å². The van der Waals surface area contributed by atoms with Crippen molar-refractivity contribution in [3.05, 3.63) is 95.6 Å². The molecule has 9 nitrogen and oxygen atoms in total. The van der Waals surface area contributed by atoms with E-state index in [1.54, 1.807) is 12.5 Å². The number of carbonyl (C=O) groups excluding carboxylic acids is 2. The van der Waals surface area contributed by atoms with Crippen LogP contribution in [-0.2, 0) is 4.74 Å². The number of H-pyrrole nitrogens is 1. The third kappa shape index (κ3) is 5.03. The Morgan fingerprint density at radius 3 is 2.48 bits per heavy atom. The van der Waals surface area contributed by atoms with Gasteiger partial charge in [-0.3, -0.25) is 14.6 Å². The highest BCUT2D eigenvalue weighted by atomic mass is 16.5. The molecule has 0 atom stereocenters. The average Bonchev–Trinajstić information content (AvgIpc) is 3.80. The molecular formula is C33H30N6O3. The third-order valence-electron chi connectivity index (χ3n) is 8.05. The van der Waals surface area contributed by atoms with Crippen LogP contribution in [0.5, 0.6) is 0 Å². The van der Waals surface area contributed by atoms with E-state index in [2.05, 4.69) is 25.3 Å². The van der Waals surface area contributed by atoms with Gasteiger partial charge in [-0.2, -0.15) is 0 Å². The molecule has 2 aliphatic rings. The number of hydrogen-bond acceptors (Lipinski definition) is 6. The fourth-order valence-corrected chi connectivity index (χ4v) is 5.43. The highest BCUT2D eigenvalue weighted by Gasteiger charge is 2.25. The van der Waals surface area contributed by atoms with Crippen LogP contribution >= 0.6 is 0 Å². The quantitative estimate of drug-likeness (QED) is 0.281. The maximum atomic E-state index is 13.0. The minimum Gasteiger partial charge on any atom is -0.378 e. The Kier molecular flexibility index (Phi) is 6.71. The van der Waals surface area contributed by atoms with E-state index in [4.69, 9.17) is 4.74 Å². The molecule has 42 heavy (non-hydrogen) atoms. The van der Waals surface area contributed by atoms with E-state index in [0.29, 0.717) is 54.7 Å². The summed E-state index contributed by atoms with van der Waals surface area (Å²) in [7, 11) is 0. The molecule has 1 saturated carbocycles. The lowest BCUT2D eigenvalue weighted by Crippen LogP contribution is -2.40. The number of aromatic nitrogens is 4. The molecule has 1 saturated heterocycles. The van der Waals surface area contributed by atoms with E-state index < -0.39 is 0 Å². The number of morpholine rings is 1. The largest absolute Gasteiger partial charge is 0.378 e. The molecule has 2 aromatic carbocycles. The van der Waals surface area contributed by atoms with Crippen LogP contribution in [0.1, 0.15) is 50.7 Å². The lowest BCUT2D eigenvalue weighted by atomic mass is 10.0. The van der Waals surface area contributed by atoms with Crippen LogP contribution in [-0.4, -0.2) is 63.0 Å². The molecule has 1 aliphatic carbocycles. The zero-order valence-electron chi connectivity index (χ0n) is 23.3. The van der Waals surface area contributed by atoms with Gasteiger partial charge in [0.05, 0.1) is 24.5 Å². The van der Waals surface area contributed by atoms with Gasteiger partial charge >= 0.3 is 0 Å². The van der Waals surface area contributed by atoms with Crippen LogP contribution < -0.4 is 5.32 Å². The zero-order chi connectivity index (χ0) is 28.6. The van der Waals surface area contributed by atoms with Gasteiger partial charge in [0.2, 0.25) is 0 Å². The number of aromatic amines is 1. The fourth-order valence-electron chi connectivity index (χ4n) is 5.43. The summed E-state index contributed by atoms with van der Waals surface area (Å²) in [5.74, 6) is 0.365. The Balaban J connectivity index is 1.14. The minimum absolute atomic E-state index is 0.0173. The molecule has 210 valence electrons. The average molecular weight is 559 g/mol. The molecule has 2 amide bonds. The maximum Gasteiger partial charge on any atom is 0.257 e. The minimum atomic E-state index is -0.197. The third-order valence-corrected chi connectivity index (χ3v) is 8.05. The standard InChI is InChI=1S/C33H30N6O3/c1-20-25(3-2-4-27(20)38-32(40)24-11-12-28(34-18-24)21-5-6-21)30-26-17-29(37-31(26)36-19-35-30)22-7-9-23(10-8-22)33(41)39-13-15-42-16-14-39/h2-4,7-12,17-19,21H,5-6,13-16H2,1H3,(H,38,40)(H,35,36,37). The van der Waals surface area contributed by atoms with Crippen LogP contribution in [0.4, 0.5) is 5.69 Å². The molecular weight excluding hydrogens is 528 g/mol. The number of nitrogens with zero attached hydrogens (tertiary/aromatic N) is 4. The predicted octanol–water partition coefficient (Wildman–Crippen LogP) is 5.60. The van der Waals surface area contributed by atoms with Crippen molar-refractivity contribution in [3.63, 3.8) is 0 Å². The lowest BCUT2D eigenvalue weighted by molar-refractivity contribution is 0.0303. The Hall–Kier alpha value is -4.89. The van der Waals surface area contributed by atoms with E-state index in [-0.39, 0.29) is 11.8 Å². The van der Waals surface area contributed by atoms with Crippen molar-refractivity contribution in [1.29, 1.82) is 0 Å². The van der Waals surface area contributed by atoms with Gasteiger partial charge in [0.1, 0.15) is 12.0 Å². The van der Waals surface area contributed by atoms with Crippen molar-refractivity contribution in [2.24, 2.45) is 0 Å². The number of carbonyl (C=O) groups is 2. The molecule has 0 spiro atoms. The fraction of sp³-hybridized carbons (Fsp3) is 0.242. The molecule has 2 N–H and O–H groups in total. The molecule has 5 aromatic rings. The van der Waals surface area contributed by atoms with Gasteiger partial charge in [-0.05, 0) is 67.3 Å². The summed E-state index contributed by atoms with van der Waals surface area (Å²) in [6.45, 7) is 4.34. The normalized spacial score (nSPS) is 15.1. The smallest absolute Gasteiger partial charge is 0.257 e. The first kappa shape index (κ1) is 26.0. The molecule has 0 bridgehead atoms. The summed E-state index contributed by atoms with van der Waals surface area (Å²) in [5, 5.41) is 3.92. The second-order valence-corrected chi connectivity index (χ2v) is 10.8. The summed E-state index contributed by atoms with van der Waals surface area (Å²) < 4.78 is 5.36. The van der Waals surface area contributed by atoms with Gasteiger partial charge in [0, 0.05) is 58.8 Å². The SMILES string of the molecule is Cc1c(NC(=O)c2ccc(C3CC3)nc2)cccc1-c1ncnc2[nH]c(-c3ccc(C(=O)N4CCOCC4)cc3)cc12. The van der Waals surface area contributed by atoms with Crippen molar-refractivity contribution < 1.29 is 14.3 Å². The molecule has 7 rings (SSSR count). The first-order valence-corrected chi connectivity index (χ1v) is 14.2. The Bertz CT molecular complexity index is 1790. The highest BCUT2D eigenvalue weighted by molar-refractivity contribution is 6.05. The summed E-state index contributed by atoms with van der Waals surface area (Å²) >= 11 is 0. The predicted molar refractivity (Wildman–Crippen MR) is 160 cm³/mol. The van der Waals surface area contributed by atoms with Gasteiger partial charge in [-0.25, -0.2) is 9.97 Å². The number of anilines is 1. The van der Waals surface area contributed by atoms with Crippen LogP contribution in [0.3, 0.4) is 0 Å². The molecule has 9 heteroatoms. The van der Waals surface area contributed by atoms with Crippen molar-refractivity contribution in [3.8, 4) is 22.5 Å². The van der Waals surface area contributed by atoms with E-state index in [9.17, 15) is 9.59 Å².